The number of nitrogens with zero attached hydrogens (tertiary/aromatic N) is 1. The van der Waals surface area contributed by atoms with Crippen LogP contribution in [0.15, 0.2) is 24.3 Å². The number of hydrogen-bond acceptors (Lipinski definition) is 3. The predicted octanol–water partition coefficient (Wildman–Crippen LogP) is 1.69. The summed E-state index contributed by atoms with van der Waals surface area (Å²) in [6.45, 7) is 7.05. The van der Waals surface area contributed by atoms with Crippen LogP contribution >= 0.6 is 0 Å². The molecule has 19 heavy (non-hydrogen) atoms. The molecule has 0 aliphatic rings. The van der Waals surface area contributed by atoms with Gasteiger partial charge in [-0.15, -0.1) is 0 Å². The first-order valence-electron chi connectivity index (χ1n) is 6.89. The first kappa shape index (κ1) is 15.7. The molecule has 106 valence electrons. The van der Waals surface area contributed by atoms with Crippen LogP contribution < -0.4 is 5.73 Å². The zero-order valence-electron chi connectivity index (χ0n) is 11.9. The molecule has 2 N–H and O–H groups in total. The highest BCUT2D eigenvalue weighted by Crippen LogP contribution is 2.12. The average Bonchev–Trinajstić information content (AvgIpc) is 2.44. The van der Waals surface area contributed by atoms with E-state index < -0.39 is 0 Å². The number of ether oxygens (including phenoxy) is 1. The van der Waals surface area contributed by atoms with Gasteiger partial charge in [0.25, 0.3) is 5.91 Å². The van der Waals surface area contributed by atoms with Crippen molar-refractivity contribution in [3.8, 4) is 0 Å². The summed E-state index contributed by atoms with van der Waals surface area (Å²) in [4.78, 5) is 14.3. The molecule has 0 aromatic heterocycles. The van der Waals surface area contributed by atoms with E-state index in [1.54, 1.807) is 0 Å². The van der Waals surface area contributed by atoms with Gasteiger partial charge in [-0.05, 0) is 38.4 Å². The molecule has 0 unspecified atom stereocenters. The average molecular weight is 264 g/mol. The Bertz CT molecular complexity index is 393. The summed E-state index contributed by atoms with van der Waals surface area (Å²) in [6.07, 6.45) is 0.727. The Labute approximate surface area is 115 Å². The Kier molecular flexibility index (Phi) is 7.15. The van der Waals surface area contributed by atoms with E-state index in [2.05, 4.69) is 0 Å². The fourth-order valence-electron chi connectivity index (χ4n) is 2.00. The summed E-state index contributed by atoms with van der Waals surface area (Å²) in [7, 11) is 0. The van der Waals surface area contributed by atoms with E-state index in [1.807, 2.05) is 43.0 Å². The van der Waals surface area contributed by atoms with Crippen LogP contribution in [0.3, 0.4) is 0 Å². The molecule has 0 aliphatic heterocycles. The van der Waals surface area contributed by atoms with Gasteiger partial charge >= 0.3 is 0 Å². The lowest BCUT2D eigenvalue weighted by Crippen LogP contribution is -2.34. The Morgan fingerprint density at radius 3 is 2.68 bits per heavy atom. The lowest BCUT2D eigenvalue weighted by atomic mass is 10.0. The normalized spacial score (nSPS) is 10.5. The van der Waals surface area contributed by atoms with Crippen molar-refractivity contribution in [2.24, 2.45) is 5.73 Å². The summed E-state index contributed by atoms with van der Waals surface area (Å²) in [6, 6.07) is 7.68. The van der Waals surface area contributed by atoms with Gasteiger partial charge in [-0.3, -0.25) is 4.79 Å². The van der Waals surface area contributed by atoms with Crippen molar-refractivity contribution in [2.75, 3.05) is 32.8 Å². The van der Waals surface area contributed by atoms with Gasteiger partial charge in [0, 0.05) is 25.3 Å². The fourth-order valence-corrected chi connectivity index (χ4v) is 2.00. The number of amides is 1. The van der Waals surface area contributed by atoms with Gasteiger partial charge in [0.05, 0.1) is 6.61 Å². The highest BCUT2D eigenvalue weighted by atomic mass is 16.5. The van der Waals surface area contributed by atoms with Crippen molar-refractivity contribution in [2.45, 2.75) is 20.3 Å². The van der Waals surface area contributed by atoms with Gasteiger partial charge in [0.2, 0.25) is 0 Å². The molecule has 0 atom stereocenters. The van der Waals surface area contributed by atoms with E-state index in [0.29, 0.717) is 32.8 Å². The summed E-state index contributed by atoms with van der Waals surface area (Å²) in [5, 5.41) is 0. The maximum Gasteiger partial charge on any atom is 0.254 e. The standard InChI is InChI=1S/C15H24N2O2/c1-3-17(11-12-19-4-2)15(18)14-8-6-5-7-13(14)9-10-16/h5-8H,3-4,9-12,16H2,1-2H3. The summed E-state index contributed by atoms with van der Waals surface area (Å²) in [5.74, 6) is 0.0613. The Morgan fingerprint density at radius 2 is 2.05 bits per heavy atom. The molecule has 4 heteroatoms. The molecule has 0 aliphatic carbocycles. The van der Waals surface area contributed by atoms with Crippen LogP contribution in [0.1, 0.15) is 29.8 Å². The monoisotopic (exact) mass is 264 g/mol. The molecule has 0 heterocycles. The number of nitrogens with two attached hydrogens (primary N) is 1. The highest BCUT2D eigenvalue weighted by molar-refractivity contribution is 5.95. The van der Waals surface area contributed by atoms with Crippen molar-refractivity contribution < 1.29 is 9.53 Å². The minimum absolute atomic E-state index is 0.0613. The number of rotatable bonds is 8. The van der Waals surface area contributed by atoms with Gasteiger partial charge in [-0.1, -0.05) is 18.2 Å². The Balaban J connectivity index is 2.78. The molecular formula is C15H24N2O2. The second-order valence-corrected chi connectivity index (χ2v) is 4.28. The number of hydrogen-bond donors (Lipinski definition) is 1. The van der Waals surface area contributed by atoms with Gasteiger partial charge in [-0.25, -0.2) is 0 Å². The van der Waals surface area contributed by atoms with Gasteiger partial charge in [0.15, 0.2) is 0 Å². The Morgan fingerprint density at radius 1 is 1.32 bits per heavy atom. The lowest BCUT2D eigenvalue weighted by molar-refractivity contribution is 0.0668. The summed E-state index contributed by atoms with van der Waals surface area (Å²) in [5.41, 5.74) is 7.37. The van der Waals surface area contributed by atoms with Crippen molar-refractivity contribution in [1.82, 2.24) is 4.90 Å². The first-order chi connectivity index (χ1) is 9.24. The van der Waals surface area contributed by atoms with E-state index in [0.717, 1.165) is 17.5 Å². The van der Waals surface area contributed by atoms with Crippen LogP contribution in [-0.4, -0.2) is 43.7 Å². The zero-order valence-corrected chi connectivity index (χ0v) is 11.9. The van der Waals surface area contributed by atoms with Crippen LogP contribution in [0, 0.1) is 0 Å². The largest absolute Gasteiger partial charge is 0.380 e. The van der Waals surface area contributed by atoms with E-state index in [-0.39, 0.29) is 5.91 Å². The van der Waals surface area contributed by atoms with Crippen molar-refractivity contribution >= 4 is 5.91 Å². The molecule has 0 radical (unpaired) electrons. The topological polar surface area (TPSA) is 55.6 Å². The summed E-state index contributed by atoms with van der Waals surface area (Å²) < 4.78 is 5.32. The third-order valence-corrected chi connectivity index (χ3v) is 3.04. The number of likely N-dealkylation sites (N-methyl/N-ethyl adjacent to an activating group) is 1. The lowest BCUT2D eigenvalue weighted by Gasteiger charge is -2.22. The van der Waals surface area contributed by atoms with Crippen molar-refractivity contribution in [3.63, 3.8) is 0 Å². The zero-order chi connectivity index (χ0) is 14.1. The van der Waals surface area contributed by atoms with Gasteiger partial charge in [0.1, 0.15) is 0 Å². The van der Waals surface area contributed by atoms with Crippen molar-refractivity contribution in [1.29, 1.82) is 0 Å². The van der Waals surface area contributed by atoms with E-state index in [1.165, 1.54) is 0 Å². The molecule has 4 nitrogen and oxygen atoms in total. The molecule has 0 spiro atoms. The first-order valence-corrected chi connectivity index (χ1v) is 6.89. The second kappa shape index (κ2) is 8.67. The molecule has 1 aromatic carbocycles. The highest BCUT2D eigenvalue weighted by Gasteiger charge is 2.16. The van der Waals surface area contributed by atoms with E-state index >= 15 is 0 Å². The quantitative estimate of drug-likeness (QED) is 0.727. The third-order valence-electron chi connectivity index (χ3n) is 3.04. The third kappa shape index (κ3) is 4.65. The number of benzene rings is 1. The SMILES string of the molecule is CCOCCN(CC)C(=O)c1ccccc1CCN. The predicted molar refractivity (Wildman–Crippen MR) is 77.3 cm³/mol. The molecule has 0 saturated heterocycles. The second-order valence-electron chi connectivity index (χ2n) is 4.28. The maximum absolute atomic E-state index is 12.5. The van der Waals surface area contributed by atoms with Gasteiger partial charge in [-0.2, -0.15) is 0 Å². The maximum atomic E-state index is 12.5. The summed E-state index contributed by atoms with van der Waals surface area (Å²) >= 11 is 0. The molecule has 0 fully saturated rings. The molecule has 0 bridgehead atoms. The molecule has 0 saturated carbocycles. The minimum atomic E-state index is 0.0613. The number of carbonyl (C=O) groups is 1. The van der Waals surface area contributed by atoms with Crippen LogP contribution in [0.4, 0.5) is 0 Å². The Hall–Kier alpha value is -1.39. The van der Waals surface area contributed by atoms with Crippen LogP contribution in [0.2, 0.25) is 0 Å². The van der Waals surface area contributed by atoms with E-state index in [9.17, 15) is 4.79 Å². The van der Waals surface area contributed by atoms with E-state index in [4.69, 9.17) is 10.5 Å². The van der Waals surface area contributed by atoms with Crippen LogP contribution in [-0.2, 0) is 11.2 Å². The molecule has 1 amide bonds. The van der Waals surface area contributed by atoms with Crippen molar-refractivity contribution in [3.05, 3.63) is 35.4 Å². The molecular weight excluding hydrogens is 240 g/mol. The van der Waals surface area contributed by atoms with Crippen LogP contribution in [0.5, 0.6) is 0 Å². The fraction of sp³-hybridized carbons (Fsp3) is 0.533. The number of carbonyl (C=O) groups excluding carboxylic acids is 1. The smallest absolute Gasteiger partial charge is 0.254 e. The minimum Gasteiger partial charge on any atom is -0.380 e. The van der Waals surface area contributed by atoms with Crippen LogP contribution in [0.25, 0.3) is 0 Å². The van der Waals surface area contributed by atoms with Gasteiger partial charge < -0.3 is 15.4 Å². The molecule has 1 aromatic rings. The molecule has 1 rings (SSSR count).